The van der Waals surface area contributed by atoms with Crippen molar-refractivity contribution >= 4 is 0 Å². The van der Waals surface area contributed by atoms with Gasteiger partial charge >= 0.3 is 0 Å². The van der Waals surface area contributed by atoms with Crippen molar-refractivity contribution in [1.29, 1.82) is 0 Å². The smallest absolute Gasteiger partial charge is 0.0705 e. The molecule has 18 heavy (non-hydrogen) atoms. The Hall–Kier alpha value is -0.830. The second-order valence-electron chi connectivity index (χ2n) is 6.20. The van der Waals surface area contributed by atoms with Gasteiger partial charge in [-0.3, -0.25) is 4.68 Å². The van der Waals surface area contributed by atoms with E-state index in [-0.39, 0.29) is 0 Å². The van der Waals surface area contributed by atoms with Crippen LogP contribution in [0, 0.1) is 11.8 Å². The molecule has 1 aliphatic carbocycles. The lowest BCUT2D eigenvalue weighted by molar-refractivity contribution is -0.0292. The van der Waals surface area contributed by atoms with E-state index in [9.17, 15) is 5.11 Å². The van der Waals surface area contributed by atoms with Crippen LogP contribution in [0.25, 0.3) is 0 Å². The zero-order valence-electron chi connectivity index (χ0n) is 12.1. The lowest BCUT2D eigenvalue weighted by atomic mass is 9.71. The van der Waals surface area contributed by atoms with E-state index in [0.717, 1.165) is 49.4 Å². The summed E-state index contributed by atoms with van der Waals surface area (Å²) in [4.78, 5) is 0. The lowest BCUT2D eigenvalue weighted by Crippen LogP contribution is -2.40. The number of hydrogen-bond acceptors (Lipinski definition) is 2. The van der Waals surface area contributed by atoms with E-state index < -0.39 is 5.60 Å². The minimum atomic E-state index is -0.523. The van der Waals surface area contributed by atoms with Crippen LogP contribution in [0.3, 0.4) is 0 Å². The molecule has 102 valence electrons. The molecule has 0 aromatic carbocycles. The third kappa shape index (κ3) is 2.77. The quantitative estimate of drug-likeness (QED) is 0.895. The number of rotatable bonds is 3. The molecule has 0 saturated heterocycles. The summed E-state index contributed by atoms with van der Waals surface area (Å²) < 4.78 is 1.93. The highest BCUT2D eigenvalue weighted by Gasteiger charge is 2.36. The van der Waals surface area contributed by atoms with Crippen molar-refractivity contribution in [2.75, 3.05) is 0 Å². The number of aryl methyl sites for hydroxylation is 2. The highest BCUT2D eigenvalue weighted by Crippen LogP contribution is 2.38. The standard InChI is InChI=1S/C15H26N2O/c1-5-13-8-14(17(4)16-13)10-15(18)7-6-11(2)12(3)9-15/h8,11-12,18H,5-7,9-10H2,1-4H3. The van der Waals surface area contributed by atoms with Crippen LogP contribution in [0.1, 0.15) is 51.4 Å². The average molecular weight is 250 g/mol. The maximum absolute atomic E-state index is 10.8. The van der Waals surface area contributed by atoms with Crippen LogP contribution in [0.2, 0.25) is 0 Å². The maximum atomic E-state index is 10.8. The van der Waals surface area contributed by atoms with E-state index >= 15 is 0 Å². The molecule has 0 spiro atoms. The number of aromatic nitrogens is 2. The topological polar surface area (TPSA) is 38.0 Å². The van der Waals surface area contributed by atoms with E-state index in [1.54, 1.807) is 0 Å². The van der Waals surface area contributed by atoms with E-state index in [0.29, 0.717) is 5.92 Å². The molecule has 1 aromatic heterocycles. The summed E-state index contributed by atoms with van der Waals surface area (Å²) in [6.07, 6.45) is 4.68. The molecule has 3 heteroatoms. The van der Waals surface area contributed by atoms with Gasteiger partial charge in [-0.05, 0) is 43.6 Å². The zero-order valence-corrected chi connectivity index (χ0v) is 12.1. The van der Waals surface area contributed by atoms with Gasteiger partial charge in [-0.2, -0.15) is 5.10 Å². The van der Waals surface area contributed by atoms with Crippen LogP contribution in [0.4, 0.5) is 0 Å². The molecule has 1 fully saturated rings. The van der Waals surface area contributed by atoms with Crippen molar-refractivity contribution < 1.29 is 5.11 Å². The predicted octanol–water partition coefficient (Wildman–Crippen LogP) is 2.71. The fourth-order valence-electron chi connectivity index (χ4n) is 3.09. The van der Waals surface area contributed by atoms with Gasteiger partial charge in [-0.1, -0.05) is 20.8 Å². The second-order valence-corrected chi connectivity index (χ2v) is 6.20. The molecule has 0 radical (unpaired) electrons. The molecule has 1 heterocycles. The van der Waals surface area contributed by atoms with Crippen molar-refractivity contribution in [2.24, 2.45) is 18.9 Å². The van der Waals surface area contributed by atoms with Crippen LogP contribution in [-0.2, 0) is 19.9 Å². The highest BCUT2D eigenvalue weighted by molar-refractivity contribution is 5.13. The molecule has 3 atom stereocenters. The first-order chi connectivity index (χ1) is 8.43. The Bertz CT molecular complexity index is 413. The molecule has 1 saturated carbocycles. The largest absolute Gasteiger partial charge is 0.389 e. The van der Waals surface area contributed by atoms with Gasteiger partial charge in [0.1, 0.15) is 0 Å². The van der Waals surface area contributed by atoms with Crippen molar-refractivity contribution in [3.63, 3.8) is 0 Å². The first-order valence-electron chi connectivity index (χ1n) is 7.17. The maximum Gasteiger partial charge on any atom is 0.0705 e. The molecule has 1 aromatic rings. The van der Waals surface area contributed by atoms with Crippen molar-refractivity contribution in [3.05, 3.63) is 17.5 Å². The van der Waals surface area contributed by atoms with Crippen LogP contribution >= 0.6 is 0 Å². The van der Waals surface area contributed by atoms with E-state index in [2.05, 4.69) is 31.9 Å². The summed E-state index contributed by atoms with van der Waals surface area (Å²) in [5.41, 5.74) is 1.76. The monoisotopic (exact) mass is 250 g/mol. The van der Waals surface area contributed by atoms with Crippen molar-refractivity contribution in [1.82, 2.24) is 9.78 Å². The first-order valence-corrected chi connectivity index (χ1v) is 7.17. The van der Waals surface area contributed by atoms with Gasteiger partial charge in [0.25, 0.3) is 0 Å². The van der Waals surface area contributed by atoms with Crippen LogP contribution < -0.4 is 0 Å². The van der Waals surface area contributed by atoms with Gasteiger partial charge in [0.05, 0.1) is 11.3 Å². The molecule has 0 bridgehead atoms. The molecule has 0 aliphatic heterocycles. The van der Waals surface area contributed by atoms with Gasteiger partial charge in [0.15, 0.2) is 0 Å². The molecular formula is C15H26N2O. The molecule has 3 unspecified atom stereocenters. The SMILES string of the molecule is CCc1cc(CC2(O)CCC(C)C(C)C2)n(C)n1. The van der Waals surface area contributed by atoms with Crippen LogP contribution in [-0.4, -0.2) is 20.5 Å². The fraction of sp³-hybridized carbons (Fsp3) is 0.800. The summed E-state index contributed by atoms with van der Waals surface area (Å²) in [6, 6.07) is 2.14. The lowest BCUT2D eigenvalue weighted by Gasteiger charge is -2.39. The van der Waals surface area contributed by atoms with Crippen LogP contribution in [0.15, 0.2) is 6.07 Å². The van der Waals surface area contributed by atoms with E-state index in [1.165, 1.54) is 0 Å². The van der Waals surface area contributed by atoms with Crippen molar-refractivity contribution in [2.45, 2.75) is 58.5 Å². The van der Waals surface area contributed by atoms with Gasteiger partial charge < -0.3 is 5.11 Å². The highest BCUT2D eigenvalue weighted by atomic mass is 16.3. The first kappa shape index (κ1) is 13.6. The molecule has 3 nitrogen and oxygen atoms in total. The summed E-state index contributed by atoms with van der Waals surface area (Å²) in [6.45, 7) is 6.67. The molecule has 1 aliphatic rings. The van der Waals surface area contributed by atoms with Crippen molar-refractivity contribution in [3.8, 4) is 0 Å². The van der Waals surface area contributed by atoms with Crippen LogP contribution in [0.5, 0.6) is 0 Å². The molecule has 2 rings (SSSR count). The Morgan fingerprint density at radius 3 is 2.72 bits per heavy atom. The Balaban J connectivity index is 2.10. The summed E-state index contributed by atoms with van der Waals surface area (Å²) >= 11 is 0. The Morgan fingerprint density at radius 1 is 1.44 bits per heavy atom. The predicted molar refractivity (Wildman–Crippen MR) is 73.4 cm³/mol. The second kappa shape index (κ2) is 5.04. The third-order valence-electron chi connectivity index (χ3n) is 4.64. The third-order valence-corrected chi connectivity index (χ3v) is 4.64. The Kier molecular flexibility index (Phi) is 3.81. The van der Waals surface area contributed by atoms with Gasteiger partial charge in [0, 0.05) is 19.2 Å². The van der Waals surface area contributed by atoms with E-state index in [4.69, 9.17) is 0 Å². The summed E-state index contributed by atoms with van der Waals surface area (Å²) in [5, 5.41) is 15.2. The normalized spacial score (nSPS) is 32.7. The van der Waals surface area contributed by atoms with Gasteiger partial charge in [-0.15, -0.1) is 0 Å². The fourth-order valence-corrected chi connectivity index (χ4v) is 3.09. The van der Waals surface area contributed by atoms with Gasteiger partial charge in [0.2, 0.25) is 0 Å². The van der Waals surface area contributed by atoms with Gasteiger partial charge in [-0.25, -0.2) is 0 Å². The molecular weight excluding hydrogens is 224 g/mol. The minimum absolute atomic E-state index is 0.523. The Labute approximate surface area is 110 Å². The zero-order chi connectivity index (χ0) is 13.3. The average Bonchev–Trinajstić information content (AvgIpc) is 2.65. The Morgan fingerprint density at radius 2 is 2.17 bits per heavy atom. The summed E-state index contributed by atoms with van der Waals surface area (Å²) in [7, 11) is 1.98. The number of nitrogens with zero attached hydrogens (tertiary/aromatic N) is 2. The summed E-state index contributed by atoms with van der Waals surface area (Å²) in [5.74, 6) is 1.35. The number of aliphatic hydroxyl groups is 1. The molecule has 1 N–H and O–H groups in total. The van der Waals surface area contributed by atoms with E-state index in [1.807, 2.05) is 11.7 Å². The number of hydrogen-bond donors (Lipinski definition) is 1. The minimum Gasteiger partial charge on any atom is -0.389 e. The molecule has 0 amide bonds.